The Morgan fingerprint density at radius 1 is 1.19 bits per heavy atom. The molecule has 0 aliphatic carbocycles. The number of rotatable bonds is 4. The molecular weight excluding hydrogens is 326 g/mol. The average molecular weight is 347 g/mol. The van der Waals surface area contributed by atoms with Gasteiger partial charge in [-0.2, -0.15) is 5.10 Å². The molecule has 1 N–H and O–H groups in total. The van der Waals surface area contributed by atoms with Gasteiger partial charge in [-0.1, -0.05) is 42.5 Å². The molecule has 5 nitrogen and oxygen atoms in total. The monoisotopic (exact) mass is 347 g/mol. The lowest BCUT2D eigenvalue weighted by Gasteiger charge is -2.25. The lowest BCUT2D eigenvalue weighted by Crippen LogP contribution is -2.22. The number of para-hydroxylation sites is 1. The molecule has 0 saturated carbocycles. The van der Waals surface area contributed by atoms with Crippen molar-refractivity contribution in [3.63, 3.8) is 0 Å². The Labute approximate surface area is 152 Å². The summed E-state index contributed by atoms with van der Waals surface area (Å²) in [6.07, 6.45) is 2.70. The number of aromatic nitrogens is 2. The number of amides is 1. The second kappa shape index (κ2) is 7.14. The van der Waals surface area contributed by atoms with Gasteiger partial charge in [-0.3, -0.25) is 4.79 Å². The maximum absolute atomic E-state index is 12.6. The molecule has 2 aromatic carbocycles. The molecule has 0 bridgehead atoms. The maximum Gasteiger partial charge on any atom is 0.227 e. The van der Waals surface area contributed by atoms with E-state index in [0.717, 1.165) is 29.1 Å². The number of ether oxygens (including phenoxy) is 1. The minimum Gasteiger partial charge on any atom is -0.373 e. The fraction of sp³-hybridized carbons (Fsp3) is 0.238. The van der Waals surface area contributed by atoms with Crippen LogP contribution in [0.5, 0.6) is 0 Å². The largest absolute Gasteiger partial charge is 0.373 e. The summed E-state index contributed by atoms with van der Waals surface area (Å²) in [5.41, 5.74) is 4.97. The summed E-state index contributed by atoms with van der Waals surface area (Å²) in [6.45, 7) is 2.60. The molecule has 1 aliphatic rings. The van der Waals surface area contributed by atoms with Crippen LogP contribution in [0, 0.1) is 6.92 Å². The number of carbonyl (C=O) groups excluding carboxylic acids is 1. The van der Waals surface area contributed by atoms with Crippen molar-refractivity contribution in [2.24, 2.45) is 0 Å². The van der Waals surface area contributed by atoms with Crippen molar-refractivity contribution >= 4 is 11.6 Å². The Bertz CT molecular complexity index is 918. The summed E-state index contributed by atoms with van der Waals surface area (Å²) in [5, 5.41) is 7.37. The fourth-order valence-corrected chi connectivity index (χ4v) is 3.38. The molecule has 3 aromatic rings. The van der Waals surface area contributed by atoms with Crippen LogP contribution in [0.4, 0.5) is 5.69 Å². The third-order valence-corrected chi connectivity index (χ3v) is 4.75. The van der Waals surface area contributed by atoms with Crippen LogP contribution in [0.1, 0.15) is 29.3 Å². The Kier molecular flexibility index (Phi) is 4.54. The van der Waals surface area contributed by atoms with Crippen molar-refractivity contribution in [1.82, 2.24) is 9.78 Å². The highest BCUT2D eigenvalue weighted by molar-refractivity contribution is 5.91. The number of benzene rings is 2. The Hall–Kier alpha value is -2.92. The number of anilines is 1. The molecule has 0 unspecified atom stereocenters. The zero-order valence-corrected chi connectivity index (χ0v) is 14.7. The number of hydrogen-bond donors (Lipinski definition) is 1. The first-order valence-corrected chi connectivity index (χ1v) is 8.81. The minimum atomic E-state index is -0.190. The van der Waals surface area contributed by atoms with E-state index in [9.17, 15) is 4.79 Å². The predicted molar refractivity (Wildman–Crippen MR) is 100 cm³/mol. The molecule has 0 radical (unpaired) electrons. The fourth-order valence-electron chi connectivity index (χ4n) is 3.38. The van der Waals surface area contributed by atoms with E-state index in [2.05, 4.69) is 16.5 Å². The maximum atomic E-state index is 12.6. The van der Waals surface area contributed by atoms with Gasteiger partial charge in [0.05, 0.1) is 42.4 Å². The van der Waals surface area contributed by atoms with E-state index in [4.69, 9.17) is 4.74 Å². The van der Waals surface area contributed by atoms with Gasteiger partial charge < -0.3 is 10.1 Å². The summed E-state index contributed by atoms with van der Waals surface area (Å²) < 4.78 is 7.66. The SMILES string of the molecule is Cc1c(NC(=O)C[C@H]2OCCc3ccccc32)cnn1-c1ccccc1. The van der Waals surface area contributed by atoms with Gasteiger partial charge in [-0.05, 0) is 36.6 Å². The van der Waals surface area contributed by atoms with Crippen molar-refractivity contribution in [3.05, 3.63) is 77.6 Å². The van der Waals surface area contributed by atoms with Crippen LogP contribution in [0.2, 0.25) is 0 Å². The van der Waals surface area contributed by atoms with E-state index in [0.29, 0.717) is 13.0 Å². The quantitative estimate of drug-likeness (QED) is 0.780. The second-order valence-corrected chi connectivity index (χ2v) is 6.45. The topological polar surface area (TPSA) is 56.1 Å². The molecule has 1 atom stereocenters. The van der Waals surface area contributed by atoms with Crippen molar-refractivity contribution in [2.75, 3.05) is 11.9 Å². The van der Waals surface area contributed by atoms with Crippen LogP contribution >= 0.6 is 0 Å². The first kappa shape index (κ1) is 16.5. The third kappa shape index (κ3) is 3.26. The smallest absolute Gasteiger partial charge is 0.227 e. The summed E-state index contributed by atoms with van der Waals surface area (Å²) in [4.78, 5) is 12.6. The van der Waals surface area contributed by atoms with Crippen LogP contribution in [-0.2, 0) is 16.0 Å². The van der Waals surface area contributed by atoms with E-state index >= 15 is 0 Å². The summed E-state index contributed by atoms with van der Waals surface area (Å²) in [5.74, 6) is -0.0672. The van der Waals surface area contributed by atoms with E-state index in [1.165, 1.54) is 5.56 Å². The minimum absolute atomic E-state index is 0.0672. The molecule has 26 heavy (non-hydrogen) atoms. The lowest BCUT2D eigenvalue weighted by atomic mass is 9.95. The van der Waals surface area contributed by atoms with Crippen LogP contribution in [0.25, 0.3) is 5.69 Å². The van der Waals surface area contributed by atoms with Crippen LogP contribution < -0.4 is 5.32 Å². The van der Waals surface area contributed by atoms with E-state index in [1.54, 1.807) is 6.20 Å². The third-order valence-electron chi connectivity index (χ3n) is 4.75. The first-order valence-electron chi connectivity index (χ1n) is 8.81. The zero-order chi connectivity index (χ0) is 17.9. The first-order chi connectivity index (χ1) is 12.7. The molecule has 1 aromatic heterocycles. The van der Waals surface area contributed by atoms with Gasteiger partial charge in [0.1, 0.15) is 0 Å². The second-order valence-electron chi connectivity index (χ2n) is 6.45. The summed E-state index contributed by atoms with van der Waals surface area (Å²) in [6, 6.07) is 18.0. The highest BCUT2D eigenvalue weighted by atomic mass is 16.5. The predicted octanol–water partition coefficient (Wildman–Crippen LogP) is 3.82. The zero-order valence-electron chi connectivity index (χ0n) is 14.7. The van der Waals surface area contributed by atoms with E-state index in [1.807, 2.05) is 60.1 Å². The van der Waals surface area contributed by atoms with Crippen molar-refractivity contribution in [3.8, 4) is 5.69 Å². The standard InChI is InChI=1S/C21H21N3O2/c1-15-19(14-22-24(15)17-8-3-2-4-9-17)23-21(25)13-20-18-10-6-5-7-16(18)11-12-26-20/h2-10,14,20H,11-13H2,1H3,(H,23,25)/t20-/m1/s1. The number of hydrogen-bond acceptors (Lipinski definition) is 3. The van der Waals surface area contributed by atoms with Crippen LogP contribution in [0.15, 0.2) is 60.8 Å². The Balaban J connectivity index is 1.47. The molecule has 1 amide bonds. The molecule has 0 fully saturated rings. The van der Waals surface area contributed by atoms with Gasteiger partial charge in [-0.15, -0.1) is 0 Å². The normalized spacial score (nSPS) is 16.1. The van der Waals surface area contributed by atoms with Gasteiger partial charge in [0.25, 0.3) is 0 Å². The van der Waals surface area contributed by atoms with Gasteiger partial charge in [0.15, 0.2) is 0 Å². The average Bonchev–Trinajstić information content (AvgIpc) is 3.03. The molecule has 4 rings (SSSR count). The highest BCUT2D eigenvalue weighted by Gasteiger charge is 2.23. The molecule has 0 saturated heterocycles. The van der Waals surface area contributed by atoms with E-state index < -0.39 is 0 Å². The lowest BCUT2D eigenvalue weighted by molar-refractivity contribution is -0.119. The van der Waals surface area contributed by atoms with Gasteiger partial charge in [0.2, 0.25) is 5.91 Å². The van der Waals surface area contributed by atoms with Gasteiger partial charge in [0, 0.05) is 0 Å². The molecule has 0 spiro atoms. The molecule has 2 heterocycles. The number of fused-ring (bicyclic) bond motifs is 1. The Morgan fingerprint density at radius 2 is 1.96 bits per heavy atom. The van der Waals surface area contributed by atoms with Crippen LogP contribution in [-0.4, -0.2) is 22.3 Å². The summed E-state index contributed by atoms with van der Waals surface area (Å²) in [7, 11) is 0. The van der Waals surface area contributed by atoms with Gasteiger partial charge in [-0.25, -0.2) is 4.68 Å². The van der Waals surface area contributed by atoms with Crippen molar-refractivity contribution < 1.29 is 9.53 Å². The van der Waals surface area contributed by atoms with E-state index in [-0.39, 0.29) is 12.0 Å². The summed E-state index contributed by atoms with van der Waals surface area (Å²) >= 11 is 0. The number of nitrogens with zero attached hydrogens (tertiary/aromatic N) is 2. The Morgan fingerprint density at radius 3 is 2.81 bits per heavy atom. The number of carbonyl (C=O) groups is 1. The van der Waals surface area contributed by atoms with Crippen LogP contribution in [0.3, 0.4) is 0 Å². The number of nitrogens with one attached hydrogen (secondary N) is 1. The molecular formula is C21H21N3O2. The highest BCUT2D eigenvalue weighted by Crippen LogP contribution is 2.30. The van der Waals surface area contributed by atoms with Crippen molar-refractivity contribution in [1.29, 1.82) is 0 Å². The van der Waals surface area contributed by atoms with Crippen molar-refractivity contribution in [2.45, 2.75) is 25.9 Å². The molecule has 132 valence electrons. The molecule has 1 aliphatic heterocycles. The van der Waals surface area contributed by atoms with Gasteiger partial charge >= 0.3 is 0 Å². The molecule has 5 heteroatoms.